The van der Waals surface area contributed by atoms with E-state index in [-0.39, 0.29) is 11.5 Å². The normalized spacial score (nSPS) is 22.9. The fourth-order valence-electron chi connectivity index (χ4n) is 1.87. The molecule has 1 rings (SSSR count). The van der Waals surface area contributed by atoms with Crippen molar-refractivity contribution in [3.63, 3.8) is 0 Å². The maximum atomic E-state index is 11.4. The van der Waals surface area contributed by atoms with E-state index >= 15 is 0 Å². The van der Waals surface area contributed by atoms with Crippen molar-refractivity contribution in [1.82, 2.24) is 9.80 Å². The Morgan fingerprint density at radius 1 is 1.29 bits per heavy atom. The molecule has 17 heavy (non-hydrogen) atoms. The van der Waals surface area contributed by atoms with Crippen LogP contribution in [0.4, 0.5) is 0 Å². The molecule has 0 saturated carbocycles. The summed E-state index contributed by atoms with van der Waals surface area (Å²) in [6.07, 6.45) is 0.498. The molecule has 0 aromatic carbocycles. The third-order valence-electron chi connectivity index (χ3n) is 2.46. The van der Waals surface area contributed by atoms with E-state index in [1.54, 1.807) is 12.0 Å². The van der Waals surface area contributed by atoms with E-state index in [1.807, 2.05) is 48.8 Å². The Hall–Kier alpha value is -0.610. The lowest BCUT2D eigenvalue weighted by atomic mass is 10.0. The van der Waals surface area contributed by atoms with Gasteiger partial charge in [0, 0.05) is 20.7 Å². The van der Waals surface area contributed by atoms with Gasteiger partial charge in [-0.15, -0.1) is 0 Å². The lowest BCUT2D eigenvalue weighted by Crippen LogP contribution is -2.43. The van der Waals surface area contributed by atoms with E-state index in [4.69, 9.17) is 4.74 Å². The summed E-state index contributed by atoms with van der Waals surface area (Å²) in [4.78, 5) is 15.1. The van der Waals surface area contributed by atoms with Gasteiger partial charge < -0.3 is 14.5 Å². The summed E-state index contributed by atoms with van der Waals surface area (Å²) in [7, 11) is 7.47. The van der Waals surface area contributed by atoms with Gasteiger partial charge in [0.1, 0.15) is 5.60 Å². The first-order chi connectivity index (χ1) is 7.99. The number of methoxy groups -OCH3 is 1. The Labute approximate surface area is 107 Å². The van der Waals surface area contributed by atoms with Crippen LogP contribution in [0.5, 0.6) is 0 Å². The number of ether oxygens (including phenoxy) is 1. The van der Waals surface area contributed by atoms with E-state index in [2.05, 4.69) is 4.90 Å². The van der Waals surface area contributed by atoms with Crippen LogP contribution in [0.15, 0.2) is 0 Å². The van der Waals surface area contributed by atoms with Crippen molar-refractivity contribution in [2.75, 3.05) is 41.3 Å². The molecule has 1 aliphatic heterocycles. The van der Waals surface area contributed by atoms with Gasteiger partial charge in [-0.05, 0) is 14.1 Å². The number of hydrogen-bond donors (Lipinski definition) is 0. The zero-order valence-corrected chi connectivity index (χ0v) is 12.8. The highest BCUT2D eigenvalue weighted by Gasteiger charge is 2.42. The third kappa shape index (κ3) is 6.03. The van der Waals surface area contributed by atoms with Crippen LogP contribution in [0.1, 0.15) is 34.1 Å². The maximum Gasteiger partial charge on any atom is 0.225 e. The molecule has 1 saturated heterocycles. The lowest BCUT2D eigenvalue weighted by molar-refractivity contribution is -0.127. The number of likely N-dealkylation sites (tertiary alicyclic amines) is 1. The second-order valence-electron chi connectivity index (χ2n) is 4.05. The molecule has 0 aromatic rings. The summed E-state index contributed by atoms with van der Waals surface area (Å²) in [6, 6.07) is 0. The second-order valence-corrected chi connectivity index (χ2v) is 4.05. The number of carbonyl (C=O) groups is 1. The Balaban J connectivity index is 0. The van der Waals surface area contributed by atoms with Crippen molar-refractivity contribution in [3.05, 3.63) is 0 Å². The molecule has 1 amide bonds. The fourth-order valence-corrected chi connectivity index (χ4v) is 1.87. The Morgan fingerprint density at radius 2 is 1.76 bits per heavy atom. The van der Waals surface area contributed by atoms with Crippen molar-refractivity contribution in [2.24, 2.45) is 0 Å². The molecule has 0 aromatic heterocycles. The van der Waals surface area contributed by atoms with Gasteiger partial charge in [-0.2, -0.15) is 0 Å². The first-order valence-electron chi connectivity index (χ1n) is 6.43. The molecule has 4 heteroatoms. The average Bonchev–Trinajstić information content (AvgIpc) is 2.59. The molecule has 1 fully saturated rings. The topological polar surface area (TPSA) is 32.8 Å². The van der Waals surface area contributed by atoms with E-state index in [0.717, 1.165) is 6.54 Å². The average molecular weight is 246 g/mol. The largest absolute Gasteiger partial charge is 0.375 e. The van der Waals surface area contributed by atoms with E-state index in [9.17, 15) is 4.79 Å². The molecule has 4 nitrogen and oxygen atoms in total. The molecule has 104 valence electrons. The molecule has 1 aliphatic rings. The van der Waals surface area contributed by atoms with Crippen molar-refractivity contribution in [1.29, 1.82) is 0 Å². The zero-order chi connectivity index (χ0) is 14.1. The van der Waals surface area contributed by atoms with Crippen molar-refractivity contribution in [3.8, 4) is 0 Å². The van der Waals surface area contributed by atoms with Crippen LogP contribution in [0, 0.1) is 0 Å². The summed E-state index contributed by atoms with van der Waals surface area (Å²) in [6.45, 7) is 9.49. The van der Waals surface area contributed by atoms with Crippen LogP contribution in [0.25, 0.3) is 0 Å². The standard InChI is InChI=1S/C9H18N2O2.2C2H6/c1-10(2)6-9(13-4)5-8(12)11(3)7-9;2*1-2/h5-7H2,1-4H3;2*1-2H3. The van der Waals surface area contributed by atoms with Gasteiger partial charge in [-0.25, -0.2) is 0 Å². The molecular formula is C13H30N2O2. The van der Waals surface area contributed by atoms with Gasteiger partial charge in [0.25, 0.3) is 0 Å². The Kier molecular flexibility index (Phi) is 10.4. The van der Waals surface area contributed by atoms with Crippen LogP contribution in [-0.4, -0.2) is 62.7 Å². The van der Waals surface area contributed by atoms with Crippen LogP contribution in [-0.2, 0) is 9.53 Å². The number of hydrogen-bond acceptors (Lipinski definition) is 3. The van der Waals surface area contributed by atoms with Gasteiger partial charge in [-0.3, -0.25) is 4.79 Å². The summed E-state index contributed by atoms with van der Waals surface area (Å²) < 4.78 is 5.45. The number of amides is 1. The van der Waals surface area contributed by atoms with Crippen molar-refractivity contribution >= 4 is 5.91 Å². The number of nitrogens with zero attached hydrogens (tertiary/aromatic N) is 2. The van der Waals surface area contributed by atoms with E-state index in [0.29, 0.717) is 13.0 Å². The molecule has 0 bridgehead atoms. The summed E-state index contributed by atoms with van der Waals surface area (Å²) in [5.41, 5.74) is -0.296. The van der Waals surface area contributed by atoms with Crippen LogP contribution >= 0.6 is 0 Å². The highest BCUT2D eigenvalue weighted by molar-refractivity contribution is 5.79. The molecule has 1 heterocycles. The quantitative estimate of drug-likeness (QED) is 0.762. The van der Waals surface area contributed by atoms with Crippen LogP contribution in [0.2, 0.25) is 0 Å². The monoisotopic (exact) mass is 246 g/mol. The van der Waals surface area contributed by atoms with Crippen LogP contribution in [0.3, 0.4) is 0 Å². The summed E-state index contributed by atoms with van der Waals surface area (Å²) in [5, 5.41) is 0. The highest BCUT2D eigenvalue weighted by atomic mass is 16.5. The molecule has 1 atom stereocenters. The number of carbonyl (C=O) groups excluding carboxylic acids is 1. The fraction of sp³-hybridized carbons (Fsp3) is 0.923. The van der Waals surface area contributed by atoms with Gasteiger partial charge in [0.05, 0.1) is 13.0 Å². The van der Waals surface area contributed by atoms with E-state index in [1.165, 1.54) is 0 Å². The van der Waals surface area contributed by atoms with Crippen LogP contribution < -0.4 is 0 Å². The minimum absolute atomic E-state index is 0.170. The van der Waals surface area contributed by atoms with Gasteiger partial charge in [0.15, 0.2) is 0 Å². The summed E-state index contributed by atoms with van der Waals surface area (Å²) in [5.74, 6) is 0.170. The predicted molar refractivity (Wildman–Crippen MR) is 73.2 cm³/mol. The zero-order valence-electron chi connectivity index (χ0n) is 12.8. The molecule has 1 unspecified atom stereocenters. The number of likely N-dealkylation sites (N-methyl/N-ethyl adjacent to an activating group) is 2. The van der Waals surface area contributed by atoms with Crippen molar-refractivity contribution < 1.29 is 9.53 Å². The number of rotatable bonds is 3. The predicted octanol–water partition coefficient (Wildman–Crippen LogP) is 1.85. The minimum Gasteiger partial charge on any atom is -0.375 e. The highest BCUT2D eigenvalue weighted by Crippen LogP contribution is 2.25. The Bertz CT molecular complexity index is 208. The second kappa shape index (κ2) is 9.42. The molecule has 0 N–H and O–H groups in total. The molecule has 0 spiro atoms. The minimum atomic E-state index is -0.296. The summed E-state index contributed by atoms with van der Waals surface area (Å²) >= 11 is 0. The van der Waals surface area contributed by atoms with E-state index < -0.39 is 0 Å². The van der Waals surface area contributed by atoms with Gasteiger partial charge in [-0.1, -0.05) is 27.7 Å². The smallest absolute Gasteiger partial charge is 0.225 e. The lowest BCUT2D eigenvalue weighted by Gasteiger charge is -2.29. The first-order valence-corrected chi connectivity index (χ1v) is 6.43. The molecule has 0 radical (unpaired) electrons. The first kappa shape index (κ1) is 18.7. The molecule has 0 aliphatic carbocycles. The Morgan fingerprint density at radius 3 is 2.00 bits per heavy atom. The molecular weight excluding hydrogens is 216 g/mol. The van der Waals surface area contributed by atoms with Gasteiger partial charge in [0.2, 0.25) is 5.91 Å². The third-order valence-corrected chi connectivity index (χ3v) is 2.46. The van der Waals surface area contributed by atoms with Crippen molar-refractivity contribution in [2.45, 2.75) is 39.7 Å². The van der Waals surface area contributed by atoms with Gasteiger partial charge >= 0.3 is 0 Å². The SMILES string of the molecule is CC.CC.COC1(CN(C)C)CC(=O)N(C)C1. The maximum absolute atomic E-state index is 11.4.